The van der Waals surface area contributed by atoms with Gasteiger partial charge in [0.15, 0.2) is 0 Å². The number of nitrogens with one attached hydrogen (secondary N) is 2. The number of hydrogen-bond acceptors (Lipinski definition) is 4. The number of hydrogen-bond donors (Lipinski definition) is 2. The number of rotatable bonds is 7. The first-order valence-corrected chi connectivity index (χ1v) is 6.89. The number of nitrogens with zero attached hydrogens (tertiary/aromatic N) is 2. The SMILES string of the molecule is CCNc1cc(C(=O)NCCN(C)C2CC2)ccn1. The third kappa shape index (κ3) is 4.21. The van der Waals surface area contributed by atoms with Gasteiger partial charge < -0.3 is 15.5 Å². The van der Waals surface area contributed by atoms with Crippen LogP contribution in [0.1, 0.15) is 30.1 Å². The molecule has 5 nitrogen and oxygen atoms in total. The van der Waals surface area contributed by atoms with E-state index < -0.39 is 0 Å². The zero-order valence-electron chi connectivity index (χ0n) is 11.6. The normalized spacial score (nSPS) is 14.5. The summed E-state index contributed by atoms with van der Waals surface area (Å²) in [6.45, 7) is 4.39. The first kappa shape index (κ1) is 13.8. The summed E-state index contributed by atoms with van der Waals surface area (Å²) in [7, 11) is 2.11. The van der Waals surface area contributed by atoms with E-state index in [4.69, 9.17) is 0 Å². The Morgan fingerprint density at radius 1 is 1.53 bits per heavy atom. The molecule has 0 atom stereocenters. The summed E-state index contributed by atoms with van der Waals surface area (Å²) >= 11 is 0. The molecule has 1 amide bonds. The van der Waals surface area contributed by atoms with Crippen LogP contribution in [0.15, 0.2) is 18.3 Å². The average molecular weight is 262 g/mol. The van der Waals surface area contributed by atoms with E-state index in [9.17, 15) is 4.79 Å². The summed E-state index contributed by atoms with van der Waals surface area (Å²) in [5.41, 5.74) is 0.653. The second-order valence-corrected chi connectivity index (χ2v) is 4.93. The maximum absolute atomic E-state index is 12.0. The summed E-state index contributed by atoms with van der Waals surface area (Å²) in [5.74, 6) is 0.705. The Morgan fingerprint density at radius 3 is 3.00 bits per heavy atom. The zero-order valence-corrected chi connectivity index (χ0v) is 11.6. The third-order valence-corrected chi connectivity index (χ3v) is 3.30. The van der Waals surface area contributed by atoms with E-state index in [1.165, 1.54) is 12.8 Å². The van der Waals surface area contributed by atoms with E-state index in [0.717, 1.165) is 24.9 Å². The minimum atomic E-state index is -0.0363. The average Bonchev–Trinajstić information content (AvgIpc) is 3.23. The highest BCUT2D eigenvalue weighted by Crippen LogP contribution is 2.24. The van der Waals surface area contributed by atoms with Crippen LogP contribution in [-0.2, 0) is 0 Å². The molecule has 2 rings (SSSR count). The van der Waals surface area contributed by atoms with Crippen LogP contribution in [0.3, 0.4) is 0 Å². The summed E-state index contributed by atoms with van der Waals surface area (Å²) in [6.07, 6.45) is 4.24. The van der Waals surface area contributed by atoms with Crippen molar-refractivity contribution in [1.82, 2.24) is 15.2 Å². The van der Waals surface area contributed by atoms with E-state index in [0.29, 0.717) is 12.1 Å². The highest BCUT2D eigenvalue weighted by Gasteiger charge is 2.25. The van der Waals surface area contributed by atoms with Crippen molar-refractivity contribution in [1.29, 1.82) is 0 Å². The smallest absolute Gasteiger partial charge is 0.251 e. The van der Waals surface area contributed by atoms with Crippen LogP contribution < -0.4 is 10.6 Å². The first-order valence-electron chi connectivity index (χ1n) is 6.89. The molecule has 1 aromatic rings. The van der Waals surface area contributed by atoms with Crippen LogP contribution in [0.25, 0.3) is 0 Å². The molecular formula is C14H22N4O. The van der Waals surface area contributed by atoms with Crippen LogP contribution in [-0.4, -0.2) is 48.5 Å². The van der Waals surface area contributed by atoms with Crippen molar-refractivity contribution in [3.63, 3.8) is 0 Å². The van der Waals surface area contributed by atoms with E-state index in [1.807, 2.05) is 6.92 Å². The Bertz CT molecular complexity index is 431. The van der Waals surface area contributed by atoms with Crippen LogP contribution in [0.5, 0.6) is 0 Å². The maximum Gasteiger partial charge on any atom is 0.251 e. The lowest BCUT2D eigenvalue weighted by molar-refractivity contribution is 0.0949. The summed E-state index contributed by atoms with van der Waals surface area (Å²) in [4.78, 5) is 18.4. The van der Waals surface area contributed by atoms with Gasteiger partial charge in [-0.2, -0.15) is 0 Å². The van der Waals surface area contributed by atoms with Crippen molar-refractivity contribution in [3.8, 4) is 0 Å². The molecule has 19 heavy (non-hydrogen) atoms. The Labute approximate surface area is 114 Å². The van der Waals surface area contributed by atoms with E-state index in [-0.39, 0.29) is 5.91 Å². The van der Waals surface area contributed by atoms with Gasteiger partial charge in [-0.3, -0.25) is 4.79 Å². The molecule has 1 fully saturated rings. The van der Waals surface area contributed by atoms with Gasteiger partial charge >= 0.3 is 0 Å². The van der Waals surface area contributed by atoms with E-state index in [2.05, 4.69) is 27.6 Å². The lowest BCUT2D eigenvalue weighted by atomic mass is 10.2. The molecule has 104 valence electrons. The van der Waals surface area contributed by atoms with Gasteiger partial charge in [0.2, 0.25) is 0 Å². The maximum atomic E-state index is 12.0. The molecule has 0 aromatic carbocycles. The van der Waals surface area contributed by atoms with Gasteiger partial charge in [0, 0.05) is 37.4 Å². The summed E-state index contributed by atoms with van der Waals surface area (Å²) < 4.78 is 0. The predicted octanol–water partition coefficient (Wildman–Crippen LogP) is 1.34. The van der Waals surface area contributed by atoms with Gasteiger partial charge in [0.25, 0.3) is 5.91 Å². The largest absolute Gasteiger partial charge is 0.370 e. The van der Waals surface area contributed by atoms with Crippen LogP contribution in [0.4, 0.5) is 5.82 Å². The second kappa shape index (κ2) is 6.52. The fourth-order valence-electron chi connectivity index (χ4n) is 2.00. The molecule has 1 aromatic heterocycles. The van der Waals surface area contributed by atoms with Gasteiger partial charge in [-0.05, 0) is 38.9 Å². The number of carbonyl (C=O) groups excluding carboxylic acids is 1. The summed E-state index contributed by atoms with van der Waals surface area (Å²) in [6, 6.07) is 4.25. The lowest BCUT2D eigenvalue weighted by Crippen LogP contribution is -2.34. The van der Waals surface area contributed by atoms with Gasteiger partial charge in [-0.15, -0.1) is 0 Å². The summed E-state index contributed by atoms with van der Waals surface area (Å²) in [5, 5.41) is 6.05. The Balaban J connectivity index is 1.79. The molecule has 0 spiro atoms. The van der Waals surface area contributed by atoms with Crippen molar-refractivity contribution < 1.29 is 4.79 Å². The quantitative estimate of drug-likeness (QED) is 0.778. The fourth-order valence-corrected chi connectivity index (χ4v) is 2.00. The topological polar surface area (TPSA) is 57.3 Å². The number of likely N-dealkylation sites (N-methyl/N-ethyl adjacent to an activating group) is 1. The molecule has 2 N–H and O–H groups in total. The third-order valence-electron chi connectivity index (χ3n) is 3.30. The number of anilines is 1. The molecule has 0 radical (unpaired) electrons. The molecule has 0 unspecified atom stereocenters. The molecule has 1 heterocycles. The van der Waals surface area contributed by atoms with Crippen LogP contribution in [0.2, 0.25) is 0 Å². The van der Waals surface area contributed by atoms with Gasteiger partial charge in [-0.1, -0.05) is 0 Å². The zero-order chi connectivity index (χ0) is 13.7. The molecule has 0 bridgehead atoms. The van der Waals surface area contributed by atoms with Gasteiger partial charge in [-0.25, -0.2) is 4.98 Å². The van der Waals surface area contributed by atoms with Crippen molar-refractivity contribution in [2.45, 2.75) is 25.8 Å². The monoisotopic (exact) mass is 262 g/mol. The van der Waals surface area contributed by atoms with Gasteiger partial charge in [0.1, 0.15) is 5.82 Å². The molecule has 1 saturated carbocycles. The Hall–Kier alpha value is -1.62. The minimum Gasteiger partial charge on any atom is -0.370 e. The minimum absolute atomic E-state index is 0.0363. The number of pyridine rings is 1. The highest BCUT2D eigenvalue weighted by atomic mass is 16.1. The van der Waals surface area contributed by atoms with Crippen molar-refractivity contribution in [2.75, 3.05) is 32.0 Å². The number of aromatic nitrogens is 1. The van der Waals surface area contributed by atoms with Crippen LogP contribution >= 0.6 is 0 Å². The molecule has 5 heteroatoms. The molecule has 0 aliphatic heterocycles. The molecule has 0 saturated heterocycles. The van der Waals surface area contributed by atoms with Gasteiger partial charge in [0.05, 0.1) is 0 Å². The van der Waals surface area contributed by atoms with Crippen molar-refractivity contribution in [2.24, 2.45) is 0 Å². The number of carbonyl (C=O) groups is 1. The van der Waals surface area contributed by atoms with E-state index in [1.54, 1.807) is 18.3 Å². The predicted molar refractivity (Wildman–Crippen MR) is 76.4 cm³/mol. The fraction of sp³-hybridized carbons (Fsp3) is 0.571. The molecular weight excluding hydrogens is 240 g/mol. The van der Waals surface area contributed by atoms with Crippen LogP contribution in [0, 0.1) is 0 Å². The highest BCUT2D eigenvalue weighted by molar-refractivity contribution is 5.94. The van der Waals surface area contributed by atoms with Crippen molar-refractivity contribution >= 4 is 11.7 Å². The van der Waals surface area contributed by atoms with E-state index >= 15 is 0 Å². The Kier molecular flexibility index (Phi) is 4.74. The number of amides is 1. The lowest BCUT2D eigenvalue weighted by Gasteiger charge is -2.15. The molecule has 1 aliphatic carbocycles. The second-order valence-electron chi connectivity index (χ2n) is 4.93. The Morgan fingerprint density at radius 2 is 2.32 bits per heavy atom. The first-order chi connectivity index (χ1) is 9.20. The molecule has 1 aliphatic rings. The van der Waals surface area contributed by atoms with Crippen molar-refractivity contribution in [3.05, 3.63) is 23.9 Å². The standard InChI is InChI=1S/C14H22N4O/c1-3-15-13-10-11(6-7-16-13)14(19)17-8-9-18(2)12-4-5-12/h6-7,10,12H,3-5,8-9H2,1-2H3,(H,15,16)(H,17,19).